The van der Waals surface area contributed by atoms with Gasteiger partial charge in [-0.1, -0.05) is 78.9 Å². The molecular formula is C87H158N28O21. The van der Waals surface area contributed by atoms with Crippen molar-refractivity contribution in [3.05, 3.63) is 12.2 Å². The van der Waals surface area contributed by atoms with Crippen LogP contribution in [0.2, 0.25) is 0 Å². The molecule has 0 saturated carbocycles. The largest absolute Gasteiger partial charge is 0.481 e. The normalized spacial score (nSPS) is 21.5. The lowest BCUT2D eigenvalue weighted by atomic mass is 9.91. The van der Waals surface area contributed by atoms with E-state index in [-0.39, 0.29) is 178 Å². The van der Waals surface area contributed by atoms with Crippen molar-refractivity contribution in [2.45, 2.75) is 352 Å². The van der Waals surface area contributed by atoms with Crippen molar-refractivity contribution in [2.75, 3.05) is 45.9 Å². The molecule has 0 bridgehead atoms. The minimum atomic E-state index is -2.06. The molecule has 17 amide bonds. The van der Waals surface area contributed by atoms with E-state index in [4.69, 9.17) is 51.6 Å². The molecule has 0 radical (unpaired) electrons. The summed E-state index contributed by atoms with van der Waals surface area (Å²) >= 11 is 0. The van der Waals surface area contributed by atoms with Crippen molar-refractivity contribution in [3.63, 3.8) is 0 Å². The summed E-state index contributed by atoms with van der Waals surface area (Å²) in [4.78, 5) is 264. The molecule has 0 aliphatic carbocycles. The molecule has 49 nitrogen and oxygen atoms in total. The van der Waals surface area contributed by atoms with Crippen molar-refractivity contribution in [1.29, 1.82) is 0 Å². The van der Waals surface area contributed by atoms with E-state index in [0.29, 0.717) is 57.8 Å². The number of guanidine groups is 3. The van der Waals surface area contributed by atoms with Gasteiger partial charge in [0.1, 0.15) is 89.6 Å². The first-order chi connectivity index (χ1) is 64.0. The van der Waals surface area contributed by atoms with E-state index in [1.807, 2.05) is 19.1 Å². The molecule has 772 valence electrons. The van der Waals surface area contributed by atoms with Crippen LogP contribution >= 0.6 is 0 Å². The highest BCUT2D eigenvalue weighted by atomic mass is 16.4. The molecule has 16 atom stereocenters. The average molecular weight is 1930 g/mol. The number of allylic oxidation sites excluding steroid dienone is 2. The van der Waals surface area contributed by atoms with Crippen LogP contribution in [0, 0.1) is 11.8 Å². The molecule has 136 heavy (non-hydrogen) atoms. The molecule has 49 heteroatoms. The fourth-order valence-electron chi connectivity index (χ4n) is 14.2. The zero-order chi connectivity index (χ0) is 103. The smallest absolute Gasteiger partial charge is 0.303 e. The number of carboxylic acids is 1. The van der Waals surface area contributed by atoms with E-state index in [1.165, 1.54) is 34.6 Å². The number of carbonyl (C=O) groups excluding carboxylic acids is 17. The van der Waals surface area contributed by atoms with Crippen molar-refractivity contribution in [2.24, 2.45) is 78.4 Å². The lowest BCUT2D eigenvalue weighted by Gasteiger charge is -2.34. The summed E-state index contributed by atoms with van der Waals surface area (Å²) in [7, 11) is 0. The number of aliphatic imine (C=N–C) groups is 3. The number of carbonyl (C=O) groups is 18. The number of aliphatic hydroxyl groups is 2. The number of primary amides is 1. The van der Waals surface area contributed by atoms with Gasteiger partial charge in [0.25, 0.3) is 0 Å². The quantitative estimate of drug-likeness (QED) is 0.0117. The Morgan fingerprint density at radius 3 is 1.43 bits per heavy atom. The van der Waals surface area contributed by atoms with Crippen LogP contribution in [0.3, 0.4) is 0 Å². The van der Waals surface area contributed by atoms with Crippen molar-refractivity contribution >= 4 is 124 Å². The van der Waals surface area contributed by atoms with Gasteiger partial charge in [-0.05, 0) is 194 Å². The van der Waals surface area contributed by atoms with Gasteiger partial charge in [-0.3, -0.25) is 101 Å². The molecule has 0 spiro atoms. The number of hydrogen-bond donors (Lipinski definition) is 28. The summed E-state index contributed by atoms with van der Waals surface area (Å²) < 4.78 is 0. The molecule has 1 aliphatic heterocycles. The summed E-state index contributed by atoms with van der Waals surface area (Å²) in [6.45, 7) is 15.3. The molecule has 37 N–H and O–H groups in total. The van der Waals surface area contributed by atoms with E-state index in [0.717, 1.165) is 6.92 Å². The topological polar surface area (TPSA) is 832 Å². The van der Waals surface area contributed by atoms with Crippen LogP contribution in [0.4, 0.5) is 0 Å². The third kappa shape index (κ3) is 49.4. The Hall–Kier alpha value is -12.1. The molecule has 0 aromatic carbocycles. The van der Waals surface area contributed by atoms with Gasteiger partial charge in [0.15, 0.2) is 17.9 Å². The van der Waals surface area contributed by atoms with Gasteiger partial charge in [0, 0.05) is 45.9 Å². The van der Waals surface area contributed by atoms with E-state index < -0.39 is 222 Å². The van der Waals surface area contributed by atoms with Crippen LogP contribution in [0.25, 0.3) is 0 Å². The number of hydrogen-bond acceptors (Lipinski definition) is 25. The zero-order valence-electron chi connectivity index (χ0n) is 80.9. The summed E-state index contributed by atoms with van der Waals surface area (Å²) in [5.74, 6) is -18.7. The summed E-state index contributed by atoms with van der Waals surface area (Å²) in [6, 6.07) is -20.0. The molecular weight excluding hydrogens is 1770 g/mol. The number of nitrogens with two attached hydrogens (primary N) is 9. The first-order valence-corrected chi connectivity index (χ1v) is 46.8. The second kappa shape index (κ2) is 65.5. The van der Waals surface area contributed by atoms with Gasteiger partial charge in [0.2, 0.25) is 100 Å². The number of amides is 17. The Morgan fingerprint density at radius 2 is 0.934 bits per heavy atom. The van der Waals surface area contributed by atoms with Gasteiger partial charge < -0.3 is 152 Å². The third-order valence-electron chi connectivity index (χ3n) is 22.2. The predicted octanol–water partition coefficient (Wildman–Crippen LogP) is -6.28. The maximum Gasteiger partial charge on any atom is 0.303 e. The van der Waals surface area contributed by atoms with Crippen LogP contribution in [0.1, 0.15) is 256 Å². The monoisotopic (exact) mass is 1930 g/mol. The standard InChI is InChI=1S/C87H158N28O21/c1-12-13-30-55(73(127)109-62(68(90)122)47-49(2)3)105-75(129)61(36-37-65(120)121)108-72(126)58(34-28-44-99-84(93)94)107-78(132)63(48-116)110-74(128)56(31-21-25-41-88)103-70(124)52(7)102-81(135)87(11)40-24-20-18-16-14-15-17-19-23-39-86(10,114-64(119)38-46-97-54(9)118)82(136)111-60(32-22-26-42-89)77(131)112-66(50(4)5)79(133)101-51(6)69(123)104-57(33-27-43-98-83(91)92)71(125)106-59(35-29-45-100-85(95)96)76(130)113-67(53(8)117)80(134)115-87/h16,18,49-53,55-63,66-67,116-117H,12-15,17,19-48,88-89H2,1-11H3,(H2,90,122)(H,97,118)(H,101,133)(H,102,135)(H,103,124)(H,104,123)(H,105,129)(H,106,125)(H,107,132)(H,108,126)(H,109,127)(H,110,128)(H,111,136)(H,112,131)(H,113,130)(H,114,119)(H,115,134)(H,120,121)(H4,91,92,98)(H4,93,94,99)(H4,95,96,100)/b18-16-/t51-,52-,53+,55-,56-,57-,58-,59-,60-,61-,62-,63-,66-,67-,86-,87-/m0/s1. The van der Waals surface area contributed by atoms with Crippen LogP contribution in [0.5, 0.6) is 0 Å². The van der Waals surface area contributed by atoms with Crippen LogP contribution in [0.15, 0.2) is 27.1 Å². The van der Waals surface area contributed by atoms with Crippen molar-refractivity contribution < 1.29 is 102 Å². The maximum absolute atomic E-state index is 15.1. The number of aliphatic carboxylic acids is 1. The Kier molecular flexibility index (Phi) is 58.7. The first-order valence-electron chi connectivity index (χ1n) is 46.8. The number of unbranched alkanes of at least 4 members (excludes halogenated alkanes) is 3. The summed E-state index contributed by atoms with van der Waals surface area (Å²) in [6.07, 6.45) is 4.92. The predicted molar refractivity (Wildman–Crippen MR) is 508 cm³/mol. The number of aliphatic hydroxyl groups excluding tert-OH is 2. The van der Waals surface area contributed by atoms with Crippen LogP contribution in [-0.4, -0.2) is 281 Å². The molecule has 1 rings (SSSR count). The molecule has 0 fully saturated rings. The second-order valence-corrected chi connectivity index (χ2v) is 35.4. The minimum Gasteiger partial charge on any atom is -0.481 e. The third-order valence-corrected chi connectivity index (χ3v) is 22.2. The van der Waals surface area contributed by atoms with Crippen molar-refractivity contribution in [3.8, 4) is 0 Å². The fourth-order valence-corrected chi connectivity index (χ4v) is 14.2. The van der Waals surface area contributed by atoms with E-state index in [1.54, 1.807) is 27.7 Å². The Labute approximate surface area is 795 Å². The number of nitrogens with zero attached hydrogens (tertiary/aromatic N) is 3. The summed E-state index contributed by atoms with van der Waals surface area (Å²) in [5.41, 5.74) is 47.2. The second-order valence-electron chi connectivity index (χ2n) is 35.4. The van der Waals surface area contributed by atoms with E-state index in [2.05, 4.69) is 100 Å². The lowest BCUT2D eigenvalue weighted by molar-refractivity contribution is -0.139. The maximum atomic E-state index is 15.1. The van der Waals surface area contributed by atoms with Crippen molar-refractivity contribution in [1.82, 2.24) is 85.1 Å². The molecule has 0 aromatic heterocycles. The number of rotatable bonds is 50. The van der Waals surface area contributed by atoms with E-state index >= 15 is 4.79 Å². The van der Waals surface area contributed by atoms with Gasteiger partial charge in [-0.25, -0.2) is 0 Å². The fraction of sp³-hybridized carbons (Fsp3) is 0.736. The highest BCUT2D eigenvalue weighted by Gasteiger charge is 2.43. The Morgan fingerprint density at radius 1 is 0.485 bits per heavy atom. The minimum absolute atomic E-state index is 0.0211. The molecule has 1 aliphatic rings. The molecule has 0 unspecified atom stereocenters. The highest BCUT2D eigenvalue weighted by molar-refractivity contribution is 6.02. The zero-order valence-corrected chi connectivity index (χ0v) is 80.9. The van der Waals surface area contributed by atoms with Crippen LogP contribution in [-0.2, 0) is 86.3 Å². The van der Waals surface area contributed by atoms with Gasteiger partial charge in [-0.2, -0.15) is 0 Å². The molecule has 0 aromatic rings. The van der Waals surface area contributed by atoms with E-state index in [9.17, 15) is 96.8 Å². The van der Waals surface area contributed by atoms with Crippen LogP contribution < -0.4 is 137 Å². The first kappa shape index (κ1) is 122. The van der Waals surface area contributed by atoms with Gasteiger partial charge >= 0.3 is 5.97 Å². The number of nitrogens with one attached hydrogen (secondary N) is 16. The highest BCUT2D eigenvalue weighted by Crippen LogP contribution is 2.22. The van der Waals surface area contributed by atoms with Gasteiger partial charge in [0.05, 0.1) is 12.7 Å². The summed E-state index contributed by atoms with van der Waals surface area (Å²) in [5, 5.41) is 73.2. The Balaban J connectivity index is 4.15. The molecule has 0 saturated heterocycles. The number of carboxylic acid groups (broad SMARTS) is 1. The lowest BCUT2D eigenvalue weighted by Crippen LogP contribution is -2.65. The SMILES string of the molecule is CCCC[C@H](NC(=O)[C@H](CCC(=O)O)NC(=O)[C@H](CCCN=C(N)N)NC(=O)[C@H](CO)NC(=O)[C@H](CCCCN)NC(=O)[C@H](C)NC(=O)[C@]1(C)CCC/C=C\CCCCCC[C@](C)(NC(=O)CCNC(C)=O)C(=O)N[C@@H](CCCCN)C(=O)N[C@@H](C(C)C)C(=O)N[C@@H](C)C(=O)N[C@@H](CCCN=C(N)N)C(=O)N[C@@H](CCCN=C(N)N)C(=O)N[C@@H]([C@@H](C)O)C(=O)N1)C(=O)N[C@@H](CC(C)C)C(N)=O. The molecule has 1 heterocycles. The Bertz CT molecular complexity index is 4010. The average Bonchev–Trinajstić information content (AvgIpc) is 0.820. The van der Waals surface area contributed by atoms with Gasteiger partial charge in [-0.15, -0.1) is 0 Å².